The summed E-state index contributed by atoms with van der Waals surface area (Å²) in [7, 11) is 0. The van der Waals surface area contributed by atoms with Gasteiger partial charge >= 0.3 is 0 Å². The summed E-state index contributed by atoms with van der Waals surface area (Å²) in [5.74, 6) is 0.227. The molecule has 2 aromatic rings. The van der Waals surface area contributed by atoms with Crippen LogP contribution in [0.1, 0.15) is 42.3 Å². The predicted molar refractivity (Wildman–Crippen MR) is 95.1 cm³/mol. The van der Waals surface area contributed by atoms with Gasteiger partial charge in [0.15, 0.2) is 0 Å². The summed E-state index contributed by atoms with van der Waals surface area (Å²) in [6, 6.07) is 8.51. The predicted octanol–water partition coefficient (Wildman–Crippen LogP) is 4.04. The number of aromatic nitrogens is 1. The molecule has 1 aromatic heterocycles. The highest BCUT2D eigenvalue weighted by molar-refractivity contribution is 6.30. The molecule has 2 heterocycles. The molecule has 4 nitrogen and oxygen atoms in total. The van der Waals surface area contributed by atoms with E-state index in [4.69, 9.17) is 11.6 Å². The number of nitrogens with one attached hydrogen (secondary N) is 2. The van der Waals surface area contributed by atoms with Crippen molar-refractivity contribution in [2.45, 2.75) is 31.2 Å². The van der Waals surface area contributed by atoms with Crippen molar-refractivity contribution in [3.05, 3.63) is 58.5 Å². The van der Waals surface area contributed by atoms with E-state index >= 15 is 0 Å². The highest BCUT2D eigenvalue weighted by Crippen LogP contribution is 2.44. The second-order valence-corrected chi connectivity index (χ2v) is 7.11. The molecule has 0 radical (unpaired) electrons. The summed E-state index contributed by atoms with van der Waals surface area (Å²) in [4.78, 5) is 17.1. The number of nitrogens with zero attached hydrogens (tertiary/aromatic N) is 1. The molecule has 3 unspecified atom stereocenters. The fourth-order valence-corrected chi connectivity index (χ4v) is 3.91. The van der Waals surface area contributed by atoms with E-state index in [1.807, 2.05) is 12.1 Å². The third-order valence-corrected chi connectivity index (χ3v) is 5.46. The van der Waals surface area contributed by atoms with Crippen LogP contribution in [0, 0.1) is 11.7 Å². The fraction of sp³-hybridized carbons (Fsp3) is 0.368. The molecule has 1 aliphatic heterocycles. The molecule has 4 rings (SSSR count). The van der Waals surface area contributed by atoms with E-state index in [2.05, 4.69) is 15.6 Å². The van der Waals surface area contributed by atoms with Crippen LogP contribution in [0.2, 0.25) is 5.02 Å². The van der Waals surface area contributed by atoms with Crippen molar-refractivity contribution in [1.82, 2.24) is 10.3 Å². The molecule has 25 heavy (non-hydrogen) atoms. The maximum Gasteiger partial charge on any atom is 0.224 e. The van der Waals surface area contributed by atoms with E-state index in [1.54, 1.807) is 18.3 Å². The number of pyridine rings is 1. The molecule has 130 valence electrons. The van der Waals surface area contributed by atoms with Gasteiger partial charge in [-0.2, -0.15) is 0 Å². The number of rotatable bonds is 3. The van der Waals surface area contributed by atoms with Gasteiger partial charge in [-0.1, -0.05) is 23.7 Å². The summed E-state index contributed by atoms with van der Waals surface area (Å²) in [5.41, 5.74) is 1.60. The van der Waals surface area contributed by atoms with E-state index in [9.17, 15) is 9.18 Å². The Morgan fingerprint density at radius 2 is 2.12 bits per heavy atom. The summed E-state index contributed by atoms with van der Waals surface area (Å²) in [6.45, 7) is 0.773. The molecule has 1 aliphatic carbocycles. The molecular formula is C19H19ClFN3O. The van der Waals surface area contributed by atoms with E-state index in [-0.39, 0.29) is 29.6 Å². The topological polar surface area (TPSA) is 54.0 Å². The Morgan fingerprint density at radius 1 is 1.24 bits per heavy atom. The first kappa shape index (κ1) is 16.3. The quantitative estimate of drug-likeness (QED) is 0.869. The zero-order chi connectivity index (χ0) is 17.4. The molecule has 2 aliphatic rings. The molecular weight excluding hydrogens is 341 g/mol. The van der Waals surface area contributed by atoms with Crippen LogP contribution in [0.3, 0.4) is 0 Å². The summed E-state index contributed by atoms with van der Waals surface area (Å²) < 4.78 is 14.2. The lowest BCUT2D eigenvalue weighted by molar-refractivity contribution is -0.129. The standard InChI is InChI=1S/C19H19ClFN3O/c20-11-3-4-13(16(21)10-11)12-5-6-14(12)19(25)24-17-7-9-23-18-15(17)2-1-8-22-18/h1-4,8,10,12,14,17H,5-7,9H2,(H,22,23)(H,24,25). The number of carbonyl (C=O) groups excluding carboxylic acids is 1. The lowest BCUT2D eigenvalue weighted by Gasteiger charge is -2.37. The SMILES string of the molecule is O=C(NC1CCNc2ncccc21)C1CCC1c1ccc(Cl)cc1F. The van der Waals surface area contributed by atoms with Crippen molar-refractivity contribution < 1.29 is 9.18 Å². The highest BCUT2D eigenvalue weighted by Gasteiger charge is 2.39. The number of fused-ring (bicyclic) bond motifs is 1. The Labute approximate surface area is 150 Å². The van der Waals surface area contributed by atoms with Crippen LogP contribution in [0.4, 0.5) is 10.2 Å². The number of halogens is 2. The van der Waals surface area contributed by atoms with Gasteiger partial charge in [0.2, 0.25) is 5.91 Å². The molecule has 0 bridgehead atoms. The van der Waals surface area contributed by atoms with E-state index < -0.39 is 0 Å². The Balaban J connectivity index is 1.49. The Kier molecular flexibility index (Phi) is 4.34. The first-order chi connectivity index (χ1) is 12.1. The molecule has 0 saturated heterocycles. The number of carbonyl (C=O) groups is 1. The number of hydrogen-bond donors (Lipinski definition) is 2. The Hall–Kier alpha value is -2.14. The van der Waals surface area contributed by atoms with E-state index in [0.29, 0.717) is 10.6 Å². The number of anilines is 1. The maximum atomic E-state index is 14.2. The lowest BCUT2D eigenvalue weighted by Crippen LogP contribution is -2.42. The number of hydrogen-bond acceptors (Lipinski definition) is 3. The summed E-state index contributed by atoms with van der Waals surface area (Å²) >= 11 is 5.83. The Morgan fingerprint density at radius 3 is 2.88 bits per heavy atom. The minimum absolute atomic E-state index is 0.00713. The van der Waals surface area contributed by atoms with Crippen molar-refractivity contribution >= 4 is 23.3 Å². The molecule has 0 spiro atoms. The van der Waals surface area contributed by atoms with Crippen molar-refractivity contribution in [2.24, 2.45) is 5.92 Å². The molecule has 2 N–H and O–H groups in total. The van der Waals surface area contributed by atoms with Gasteiger partial charge in [0.1, 0.15) is 11.6 Å². The second kappa shape index (κ2) is 6.64. The van der Waals surface area contributed by atoms with Crippen LogP contribution < -0.4 is 10.6 Å². The van der Waals surface area contributed by atoms with Crippen molar-refractivity contribution in [3.8, 4) is 0 Å². The van der Waals surface area contributed by atoms with E-state index in [1.165, 1.54) is 6.07 Å². The first-order valence-corrected chi connectivity index (χ1v) is 8.95. The lowest BCUT2D eigenvalue weighted by atomic mass is 9.69. The summed E-state index contributed by atoms with van der Waals surface area (Å²) in [6.07, 6.45) is 4.16. The third kappa shape index (κ3) is 3.09. The van der Waals surface area contributed by atoms with Gasteiger partial charge in [0, 0.05) is 29.2 Å². The van der Waals surface area contributed by atoms with E-state index in [0.717, 1.165) is 37.2 Å². The molecule has 1 fully saturated rings. The average molecular weight is 360 g/mol. The van der Waals surface area contributed by atoms with Gasteiger partial charge in [-0.05, 0) is 48.9 Å². The zero-order valence-corrected chi connectivity index (χ0v) is 14.4. The highest BCUT2D eigenvalue weighted by atomic mass is 35.5. The van der Waals surface area contributed by atoms with Gasteiger partial charge in [-0.3, -0.25) is 4.79 Å². The normalized spacial score (nSPS) is 24.6. The number of benzene rings is 1. The largest absolute Gasteiger partial charge is 0.370 e. The second-order valence-electron chi connectivity index (χ2n) is 6.67. The zero-order valence-electron chi connectivity index (χ0n) is 13.6. The monoisotopic (exact) mass is 359 g/mol. The average Bonchev–Trinajstić information content (AvgIpc) is 2.56. The third-order valence-electron chi connectivity index (χ3n) is 5.23. The molecule has 3 atom stereocenters. The van der Waals surface area contributed by atoms with Gasteiger partial charge in [0.05, 0.1) is 6.04 Å². The minimum Gasteiger partial charge on any atom is -0.370 e. The molecule has 1 amide bonds. The summed E-state index contributed by atoms with van der Waals surface area (Å²) in [5, 5.41) is 6.76. The van der Waals surface area contributed by atoms with Crippen LogP contribution in [-0.2, 0) is 4.79 Å². The molecule has 6 heteroatoms. The van der Waals surface area contributed by atoms with Crippen LogP contribution in [0.25, 0.3) is 0 Å². The molecule has 1 aromatic carbocycles. The van der Waals surface area contributed by atoms with Crippen LogP contribution in [0.15, 0.2) is 36.5 Å². The van der Waals surface area contributed by atoms with Crippen LogP contribution >= 0.6 is 11.6 Å². The maximum absolute atomic E-state index is 14.2. The van der Waals surface area contributed by atoms with Crippen LogP contribution in [-0.4, -0.2) is 17.4 Å². The van der Waals surface area contributed by atoms with Gasteiger partial charge in [0.25, 0.3) is 0 Å². The van der Waals surface area contributed by atoms with Gasteiger partial charge in [-0.25, -0.2) is 9.37 Å². The Bertz CT molecular complexity index is 813. The number of amides is 1. The molecule has 1 saturated carbocycles. The van der Waals surface area contributed by atoms with Gasteiger partial charge in [-0.15, -0.1) is 0 Å². The van der Waals surface area contributed by atoms with Crippen molar-refractivity contribution in [1.29, 1.82) is 0 Å². The fourth-order valence-electron chi connectivity index (χ4n) is 3.75. The van der Waals surface area contributed by atoms with Crippen LogP contribution in [0.5, 0.6) is 0 Å². The van der Waals surface area contributed by atoms with Crippen molar-refractivity contribution in [3.63, 3.8) is 0 Å². The van der Waals surface area contributed by atoms with Crippen molar-refractivity contribution in [2.75, 3.05) is 11.9 Å². The minimum atomic E-state index is -0.327. The smallest absolute Gasteiger partial charge is 0.224 e. The van der Waals surface area contributed by atoms with Gasteiger partial charge < -0.3 is 10.6 Å². The first-order valence-electron chi connectivity index (χ1n) is 8.57.